The number of likely N-dealkylation sites (N-methyl/N-ethyl adjacent to an activating group) is 2. The van der Waals surface area contributed by atoms with Gasteiger partial charge in [0.1, 0.15) is 45.7 Å². The molecule has 2 fully saturated rings. The number of primary amides is 2. The molecule has 0 aromatic heterocycles. The number of benzene rings is 2. The molecule has 0 saturated heterocycles. The number of aromatic hydroxyl groups is 2. The van der Waals surface area contributed by atoms with Crippen molar-refractivity contribution in [1.29, 1.82) is 0 Å². The molecule has 12 N–H and O–H groups in total. The maximum absolute atomic E-state index is 13.7. The van der Waals surface area contributed by atoms with E-state index < -0.39 is 128 Å². The molecule has 0 unspecified atom stereocenters. The molecule has 2 aromatic rings. The molecule has 2 saturated carbocycles. The van der Waals surface area contributed by atoms with Gasteiger partial charge in [0.2, 0.25) is 11.6 Å². The predicted octanol–water partition coefficient (Wildman–Crippen LogP) is 0.319. The number of hydrogen-bond donors (Lipinski definition) is 10. The summed E-state index contributed by atoms with van der Waals surface area (Å²) in [6.07, 6.45) is 0.314. The standard InChI is InChI=1S/C23H24N2O9.C21H21IN2O7/c1-25(2)16-11-7-8-6-10-9(22(32)34-3)4-5-12(26)14(10)17(27)13(8)19(29)23(11,33)20(30)15(18(16)28)21(24)31;1-24(2)15-9-6-7-5-8-10(22)3-4-11(25)13(8)16(26)12(7)18(28)21(9,31)19(29)14(17(15)27)20(23)30/h4-5,8,11,16,26-27,30,33H,6-7H2,1-3H3,(H2,24,31);3-4,7,9,15,25-26,29,31H,5-6H2,1-2H3,(H2,23,30)/t8-,11-,16-,23-;7-,9-,15-,21-/m00/s1. The minimum Gasteiger partial charge on any atom is -0.508 e. The van der Waals surface area contributed by atoms with E-state index in [2.05, 4.69) is 22.6 Å². The molecular formula is C44H45IN4O16. The van der Waals surface area contributed by atoms with Crippen LogP contribution in [0, 0.1) is 27.2 Å². The van der Waals surface area contributed by atoms with Gasteiger partial charge < -0.3 is 57.1 Å². The highest BCUT2D eigenvalue weighted by molar-refractivity contribution is 14.1. The van der Waals surface area contributed by atoms with Crippen molar-refractivity contribution in [2.45, 2.75) is 49.0 Å². The fraction of sp³-hybridized carbons (Fsp3) is 0.386. The second kappa shape index (κ2) is 16.1. The highest BCUT2D eigenvalue weighted by Gasteiger charge is 2.66. The Kier molecular flexibility index (Phi) is 11.6. The van der Waals surface area contributed by atoms with Crippen LogP contribution in [0.25, 0.3) is 11.5 Å². The number of hydrogen-bond acceptors (Lipinski definition) is 18. The molecule has 8 atom stereocenters. The van der Waals surface area contributed by atoms with Gasteiger partial charge >= 0.3 is 5.97 Å². The number of halogens is 1. The average molecular weight is 1010 g/mol. The molecule has 20 nitrogen and oxygen atoms in total. The molecule has 0 spiro atoms. The average Bonchev–Trinajstić information content (AvgIpc) is 3.21. The molecule has 21 heteroatoms. The minimum absolute atomic E-state index is 0.00731. The normalized spacial score (nSPS) is 29.3. The van der Waals surface area contributed by atoms with E-state index in [9.17, 15) is 74.4 Å². The highest BCUT2D eigenvalue weighted by atomic mass is 127. The quantitative estimate of drug-likeness (QED) is 0.110. The predicted molar refractivity (Wildman–Crippen MR) is 233 cm³/mol. The SMILES string of the molecule is CN(C)[C@@H]1C(=O)C(C(N)=O)=C(O)[C@@]2(O)C(=O)C3=C(O)c4c(O)ccc(I)c4C[C@H]3C[C@@H]12.COC(=O)c1ccc(O)c2c1C[C@H]1C[C@H]3[C@H](N(C)C)C(=O)C(C(N)=O)=C(O)[C@@]3(O)C(=O)C1=C2O. The third-order valence-corrected chi connectivity index (χ3v) is 14.6. The van der Waals surface area contributed by atoms with Gasteiger partial charge in [-0.05, 0) is 124 Å². The molecule has 8 rings (SSSR count). The summed E-state index contributed by atoms with van der Waals surface area (Å²) in [6.45, 7) is 0. The first-order valence-corrected chi connectivity index (χ1v) is 21.1. The van der Waals surface area contributed by atoms with Gasteiger partial charge in [0.25, 0.3) is 11.8 Å². The molecule has 6 aliphatic carbocycles. The molecule has 6 aliphatic rings. The third kappa shape index (κ3) is 6.56. The molecule has 344 valence electrons. The topological polar surface area (TPSA) is 349 Å². The first-order valence-electron chi connectivity index (χ1n) is 20.0. The number of esters is 1. The summed E-state index contributed by atoms with van der Waals surface area (Å²) in [7, 11) is 7.33. The van der Waals surface area contributed by atoms with Gasteiger partial charge in [0.15, 0.2) is 22.8 Å². The van der Waals surface area contributed by atoms with Crippen molar-refractivity contribution in [3.05, 3.63) is 89.5 Å². The fourth-order valence-corrected chi connectivity index (χ4v) is 11.4. The van der Waals surface area contributed by atoms with E-state index in [1.807, 2.05) is 0 Å². The van der Waals surface area contributed by atoms with E-state index in [0.29, 0.717) is 12.0 Å². The van der Waals surface area contributed by atoms with Crippen LogP contribution in [0.5, 0.6) is 11.5 Å². The third-order valence-electron chi connectivity index (χ3n) is 13.6. The number of carbonyl (C=O) groups excluding carboxylic acids is 7. The lowest BCUT2D eigenvalue weighted by molar-refractivity contribution is -0.155. The number of ketones is 4. The number of ether oxygens (including phenoxy) is 1. The van der Waals surface area contributed by atoms with Gasteiger partial charge in [-0.1, -0.05) is 0 Å². The maximum atomic E-state index is 13.7. The molecular weight excluding hydrogens is 967 g/mol. The smallest absolute Gasteiger partial charge is 0.338 e. The van der Waals surface area contributed by atoms with Crippen molar-refractivity contribution >= 4 is 75.0 Å². The lowest BCUT2D eigenvalue weighted by Crippen LogP contribution is -2.65. The van der Waals surface area contributed by atoms with Crippen LogP contribution in [0.1, 0.15) is 45.5 Å². The van der Waals surface area contributed by atoms with Crippen LogP contribution in [0.4, 0.5) is 0 Å². The van der Waals surface area contributed by atoms with E-state index >= 15 is 0 Å². The summed E-state index contributed by atoms with van der Waals surface area (Å²) in [5.41, 5.74) is 4.03. The lowest BCUT2D eigenvalue weighted by Gasteiger charge is -2.50. The first-order chi connectivity index (χ1) is 30.3. The Bertz CT molecular complexity index is 2720. The number of nitrogens with zero attached hydrogens (tertiary/aromatic N) is 2. The van der Waals surface area contributed by atoms with Gasteiger partial charge in [0, 0.05) is 26.6 Å². The number of carbonyl (C=O) groups is 7. The number of phenolic OH excluding ortho intramolecular Hbond substituents is 2. The summed E-state index contributed by atoms with van der Waals surface area (Å²) in [5.74, 6) is -14.6. The number of amides is 2. The van der Waals surface area contributed by atoms with E-state index in [-0.39, 0.29) is 58.4 Å². The van der Waals surface area contributed by atoms with Gasteiger partial charge in [-0.15, -0.1) is 0 Å². The number of aliphatic hydroxyl groups is 6. The number of Topliss-reactive ketones (excluding diaryl/α,β-unsaturated/α-hetero) is 4. The molecule has 0 radical (unpaired) electrons. The van der Waals surface area contributed by atoms with E-state index in [1.165, 1.54) is 43.1 Å². The number of fused-ring (bicyclic) bond motifs is 6. The zero-order chi connectivity index (χ0) is 48.3. The number of aliphatic hydroxyl groups excluding tert-OH is 4. The van der Waals surface area contributed by atoms with E-state index in [0.717, 1.165) is 9.64 Å². The number of nitrogens with two attached hydrogens (primary N) is 2. The maximum Gasteiger partial charge on any atom is 0.338 e. The monoisotopic (exact) mass is 1010 g/mol. The van der Waals surface area contributed by atoms with Gasteiger partial charge in [-0.25, -0.2) is 4.79 Å². The van der Waals surface area contributed by atoms with Gasteiger partial charge in [-0.2, -0.15) is 0 Å². The van der Waals surface area contributed by atoms with Gasteiger partial charge in [-0.3, -0.25) is 38.6 Å². The Morgan fingerprint density at radius 2 is 1.05 bits per heavy atom. The summed E-state index contributed by atoms with van der Waals surface area (Å²) < 4.78 is 5.57. The van der Waals surface area contributed by atoms with Crippen molar-refractivity contribution in [3.8, 4) is 11.5 Å². The summed E-state index contributed by atoms with van der Waals surface area (Å²) in [5, 5.41) is 87.1. The van der Waals surface area contributed by atoms with Crippen molar-refractivity contribution in [2.75, 3.05) is 35.3 Å². The van der Waals surface area contributed by atoms with Crippen molar-refractivity contribution in [2.24, 2.45) is 35.1 Å². The first kappa shape index (κ1) is 46.8. The van der Waals surface area contributed by atoms with Crippen LogP contribution in [-0.4, -0.2) is 150 Å². The number of rotatable bonds is 5. The number of methoxy groups -OCH3 is 1. The second-order valence-electron chi connectivity index (χ2n) is 17.3. The fourth-order valence-electron chi connectivity index (χ4n) is 10.8. The van der Waals surface area contributed by atoms with Gasteiger partial charge in [0.05, 0.1) is 35.9 Å². The summed E-state index contributed by atoms with van der Waals surface area (Å²) >= 11 is 2.07. The van der Waals surface area contributed by atoms with E-state index in [1.54, 1.807) is 20.2 Å². The summed E-state index contributed by atoms with van der Waals surface area (Å²) in [4.78, 5) is 92.3. The molecule has 2 aromatic carbocycles. The lowest BCUT2D eigenvalue weighted by atomic mass is 9.57. The zero-order valence-electron chi connectivity index (χ0n) is 35.4. The Labute approximate surface area is 382 Å². The number of phenols is 2. The Balaban J connectivity index is 0.000000195. The van der Waals surface area contributed by atoms with Crippen LogP contribution < -0.4 is 11.5 Å². The highest BCUT2D eigenvalue weighted by Crippen LogP contribution is 2.55. The Morgan fingerprint density at radius 3 is 1.43 bits per heavy atom. The van der Waals surface area contributed by atoms with Crippen LogP contribution in [0.3, 0.4) is 0 Å². The summed E-state index contributed by atoms with van der Waals surface area (Å²) in [6, 6.07) is 3.32. The largest absolute Gasteiger partial charge is 0.508 e. The second-order valence-corrected chi connectivity index (χ2v) is 18.5. The van der Waals surface area contributed by atoms with Crippen molar-refractivity contribution < 1.29 is 79.2 Å². The van der Waals surface area contributed by atoms with Crippen molar-refractivity contribution in [3.63, 3.8) is 0 Å². The van der Waals surface area contributed by atoms with Crippen LogP contribution in [-0.2, 0) is 46.3 Å². The molecule has 65 heavy (non-hydrogen) atoms. The molecule has 0 heterocycles. The Morgan fingerprint density at radius 1 is 0.662 bits per heavy atom. The minimum atomic E-state index is -2.71. The zero-order valence-corrected chi connectivity index (χ0v) is 37.5. The van der Waals surface area contributed by atoms with E-state index in [4.69, 9.17) is 16.2 Å². The van der Waals surface area contributed by atoms with Crippen LogP contribution >= 0.6 is 22.6 Å². The van der Waals surface area contributed by atoms with Crippen LogP contribution in [0.15, 0.2) is 58.1 Å². The van der Waals surface area contributed by atoms with Crippen molar-refractivity contribution in [1.82, 2.24) is 9.80 Å². The molecule has 2 amide bonds. The van der Waals surface area contributed by atoms with Crippen LogP contribution in [0.2, 0.25) is 0 Å². The molecule has 0 bridgehead atoms. The molecule has 0 aliphatic heterocycles. The Hall–Kier alpha value is -6.14.